The van der Waals surface area contributed by atoms with Crippen molar-refractivity contribution in [2.75, 3.05) is 24.6 Å². The van der Waals surface area contributed by atoms with Crippen LogP contribution in [0.1, 0.15) is 67.4 Å². The van der Waals surface area contributed by atoms with Gasteiger partial charge in [0, 0.05) is 31.7 Å². The quantitative estimate of drug-likeness (QED) is 0.641. The van der Waals surface area contributed by atoms with Crippen LogP contribution in [0.25, 0.3) is 0 Å². The Morgan fingerprint density at radius 3 is 2.39 bits per heavy atom. The van der Waals surface area contributed by atoms with E-state index >= 15 is 0 Å². The van der Waals surface area contributed by atoms with E-state index in [1.54, 1.807) is 13.8 Å². The fraction of sp³-hybridized carbons (Fsp3) is 0.480. The number of nitrogens with zero attached hydrogens (tertiary/aromatic N) is 2. The van der Waals surface area contributed by atoms with Crippen molar-refractivity contribution in [2.45, 2.75) is 57.7 Å². The van der Waals surface area contributed by atoms with Crippen LogP contribution in [0.2, 0.25) is 0 Å². The zero-order valence-electron chi connectivity index (χ0n) is 19.7. The highest BCUT2D eigenvalue weighted by Crippen LogP contribution is 2.33. The molecule has 2 aliphatic heterocycles. The monoisotopic (exact) mass is 470 g/mol. The Hall–Kier alpha value is -2.42. The van der Waals surface area contributed by atoms with Crippen LogP contribution in [0.15, 0.2) is 42.5 Å². The average molecular weight is 471 g/mol. The Bertz CT molecular complexity index is 1090. The van der Waals surface area contributed by atoms with Crippen molar-refractivity contribution in [3.05, 3.63) is 59.2 Å². The number of hydrogen-bond donors (Lipinski definition) is 2. The van der Waals surface area contributed by atoms with Crippen molar-refractivity contribution >= 4 is 27.3 Å². The van der Waals surface area contributed by atoms with E-state index in [1.807, 2.05) is 59.3 Å². The molecule has 1 saturated heterocycles. The fourth-order valence-electron chi connectivity index (χ4n) is 4.32. The third kappa shape index (κ3) is 5.23. The summed E-state index contributed by atoms with van der Waals surface area (Å²) in [5.41, 5.74) is 8.40. The molecule has 2 aliphatic rings. The Kier molecular flexibility index (Phi) is 7.07. The molecule has 7 nitrogen and oxygen atoms in total. The lowest BCUT2D eigenvalue weighted by Gasteiger charge is -2.27. The number of sulfonamides is 1. The van der Waals surface area contributed by atoms with Crippen molar-refractivity contribution in [1.29, 1.82) is 0 Å². The number of amides is 1. The molecule has 2 N–H and O–H groups in total. The largest absolute Gasteiger partial charge is 0.339 e. The average Bonchev–Trinajstić information content (AvgIpc) is 3.26. The molecule has 2 aromatic rings. The number of nitrogens with one attached hydrogen (secondary N) is 2. The summed E-state index contributed by atoms with van der Waals surface area (Å²) in [7, 11) is -3.27. The maximum Gasteiger partial charge on any atom is 0.253 e. The number of fused-ring (bicyclic) bond motifs is 1. The molecular weight excluding hydrogens is 436 g/mol. The predicted molar refractivity (Wildman–Crippen MR) is 132 cm³/mol. The van der Waals surface area contributed by atoms with E-state index in [1.165, 1.54) is 6.42 Å². The molecule has 0 saturated carbocycles. The fourth-order valence-corrected chi connectivity index (χ4v) is 5.13. The van der Waals surface area contributed by atoms with Gasteiger partial charge >= 0.3 is 0 Å². The number of carbonyl (C=O) groups excluding carboxylic acids is 1. The third-order valence-corrected chi connectivity index (χ3v) is 8.38. The molecule has 2 heterocycles. The van der Waals surface area contributed by atoms with E-state index in [0.717, 1.165) is 54.0 Å². The van der Waals surface area contributed by atoms with Gasteiger partial charge in [-0.2, -0.15) is 0 Å². The summed E-state index contributed by atoms with van der Waals surface area (Å²) in [6.07, 6.45) is 3.38. The maximum atomic E-state index is 12.9. The van der Waals surface area contributed by atoms with E-state index in [9.17, 15) is 13.2 Å². The molecule has 4 rings (SSSR count). The molecule has 0 aromatic heterocycles. The smallest absolute Gasteiger partial charge is 0.253 e. The predicted octanol–water partition coefficient (Wildman–Crippen LogP) is 3.90. The Labute approximate surface area is 197 Å². The molecule has 1 fully saturated rings. The summed E-state index contributed by atoms with van der Waals surface area (Å²) in [6, 6.07) is 14.1. The lowest BCUT2D eigenvalue weighted by atomic mass is 10.0. The van der Waals surface area contributed by atoms with Crippen LogP contribution >= 0.6 is 0 Å². The van der Waals surface area contributed by atoms with Gasteiger partial charge in [0.1, 0.15) is 0 Å². The molecule has 178 valence electrons. The second-order valence-corrected chi connectivity index (χ2v) is 11.6. The molecule has 8 heteroatoms. The number of anilines is 2. The summed E-state index contributed by atoms with van der Waals surface area (Å²) < 4.78 is 26.7. The molecule has 0 unspecified atom stereocenters. The molecular formula is C25H34N4O3S. The number of benzene rings is 2. The lowest BCUT2D eigenvalue weighted by Crippen LogP contribution is -2.35. The highest BCUT2D eigenvalue weighted by molar-refractivity contribution is 7.90. The molecule has 0 radical (unpaired) electrons. The highest BCUT2D eigenvalue weighted by atomic mass is 32.2. The first kappa shape index (κ1) is 23.7. The zero-order chi connectivity index (χ0) is 23.6. The highest BCUT2D eigenvalue weighted by Gasteiger charge is 2.24. The number of hydrogen-bond acceptors (Lipinski definition) is 5. The maximum absolute atomic E-state index is 12.9. The number of likely N-dealkylation sites (tertiary alicyclic amines) is 1. The number of piperidine rings is 1. The van der Waals surface area contributed by atoms with Gasteiger partial charge in [0.2, 0.25) is 10.0 Å². The van der Waals surface area contributed by atoms with Gasteiger partial charge in [0.25, 0.3) is 5.91 Å². The van der Waals surface area contributed by atoms with E-state index in [2.05, 4.69) is 10.1 Å². The topological polar surface area (TPSA) is 81.8 Å². The minimum absolute atomic E-state index is 0.0646. The first-order valence-corrected chi connectivity index (χ1v) is 13.3. The molecule has 33 heavy (non-hydrogen) atoms. The standard InChI is InChI=1S/C25H34N4O3S/c1-18(2)33(31,32)27-16-19(3)20-7-10-23(11-8-20)29-24-12-9-21(15-22(24)17-26-29)25(30)28-13-5-4-6-14-28/h7-12,15,18-19,26-27H,4-6,13-14,16-17H2,1-3H3/t19-/m0/s1. The first-order valence-electron chi connectivity index (χ1n) is 11.8. The van der Waals surface area contributed by atoms with Gasteiger partial charge in [0.05, 0.1) is 16.6 Å². The summed E-state index contributed by atoms with van der Waals surface area (Å²) in [6.45, 7) is 8.12. The van der Waals surface area contributed by atoms with Crippen molar-refractivity contribution in [3.8, 4) is 0 Å². The van der Waals surface area contributed by atoms with Crippen molar-refractivity contribution in [2.24, 2.45) is 0 Å². The van der Waals surface area contributed by atoms with Gasteiger partial charge in [0.15, 0.2) is 0 Å². The van der Waals surface area contributed by atoms with Crippen molar-refractivity contribution in [1.82, 2.24) is 15.0 Å². The van der Waals surface area contributed by atoms with Gasteiger partial charge in [-0.3, -0.25) is 9.80 Å². The molecule has 0 aliphatic carbocycles. The minimum Gasteiger partial charge on any atom is -0.339 e. The van der Waals surface area contributed by atoms with Gasteiger partial charge in [-0.15, -0.1) is 0 Å². The van der Waals surface area contributed by atoms with Crippen LogP contribution in [0.3, 0.4) is 0 Å². The Morgan fingerprint density at radius 2 is 1.73 bits per heavy atom. The third-order valence-electron chi connectivity index (χ3n) is 6.57. The summed E-state index contributed by atoms with van der Waals surface area (Å²) in [5, 5.41) is 1.60. The molecule has 0 bridgehead atoms. The van der Waals surface area contributed by atoms with Gasteiger partial charge < -0.3 is 4.90 Å². The minimum atomic E-state index is -3.27. The van der Waals surface area contributed by atoms with Crippen LogP contribution in [0.4, 0.5) is 11.4 Å². The Balaban J connectivity index is 1.43. The lowest BCUT2D eigenvalue weighted by molar-refractivity contribution is 0.0724. The Morgan fingerprint density at radius 1 is 1.03 bits per heavy atom. The SMILES string of the molecule is CC(C)S(=O)(=O)NC[C@H](C)c1ccc(N2NCc3cc(C(=O)N4CCCCC4)ccc32)cc1. The van der Waals surface area contributed by atoms with E-state index in [0.29, 0.717) is 13.1 Å². The van der Waals surface area contributed by atoms with Crippen LogP contribution in [0, 0.1) is 0 Å². The van der Waals surface area contributed by atoms with Crippen molar-refractivity contribution in [3.63, 3.8) is 0 Å². The van der Waals surface area contributed by atoms with Crippen LogP contribution < -0.4 is 15.2 Å². The zero-order valence-corrected chi connectivity index (χ0v) is 20.5. The number of carbonyl (C=O) groups is 1. The van der Waals surface area contributed by atoms with Crippen LogP contribution in [0.5, 0.6) is 0 Å². The van der Waals surface area contributed by atoms with Crippen LogP contribution in [-0.2, 0) is 16.6 Å². The first-order chi connectivity index (χ1) is 15.8. The molecule has 1 atom stereocenters. The summed E-state index contributed by atoms with van der Waals surface area (Å²) in [4.78, 5) is 14.8. The molecule has 1 amide bonds. The second kappa shape index (κ2) is 9.83. The molecule has 2 aromatic carbocycles. The summed E-state index contributed by atoms with van der Waals surface area (Å²) >= 11 is 0. The number of hydrazine groups is 1. The van der Waals surface area contributed by atoms with Gasteiger partial charge in [-0.05, 0) is 80.5 Å². The second-order valence-electron chi connectivity index (χ2n) is 9.30. The van der Waals surface area contributed by atoms with Gasteiger partial charge in [-0.1, -0.05) is 19.1 Å². The summed E-state index contributed by atoms with van der Waals surface area (Å²) in [5.74, 6) is 0.192. The number of rotatable bonds is 7. The van der Waals surface area contributed by atoms with E-state index in [4.69, 9.17) is 0 Å². The van der Waals surface area contributed by atoms with Gasteiger partial charge in [-0.25, -0.2) is 18.6 Å². The van der Waals surface area contributed by atoms with Crippen molar-refractivity contribution < 1.29 is 13.2 Å². The normalized spacial score (nSPS) is 17.3. The van der Waals surface area contributed by atoms with E-state index in [-0.39, 0.29) is 11.8 Å². The van der Waals surface area contributed by atoms with E-state index < -0.39 is 15.3 Å². The molecule has 0 spiro atoms. The van der Waals surface area contributed by atoms with Crippen LogP contribution in [-0.4, -0.2) is 44.1 Å².